The highest BCUT2D eigenvalue weighted by atomic mass is 16.3. The van der Waals surface area contributed by atoms with E-state index in [0.717, 1.165) is 12.8 Å². The van der Waals surface area contributed by atoms with Gasteiger partial charge in [0.25, 0.3) is 0 Å². The molecule has 2 aliphatic rings. The third-order valence-electron chi connectivity index (χ3n) is 4.34. The van der Waals surface area contributed by atoms with Crippen LogP contribution in [0.1, 0.15) is 40.0 Å². The summed E-state index contributed by atoms with van der Waals surface area (Å²) < 4.78 is 0. The summed E-state index contributed by atoms with van der Waals surface area (Å²) >= 11 is 0. The molecule has 0 spiro atoms. The van der Waals surface area contributed by atoms with Crippen molar-refractivity contribution in [2.75, 3.05) is 0 Å². The summed E-state index contributed by atoms with van der Waals surface area (Å²) in [5, 5.41) is 10.3. The molecule has 2 heteroatoms. The lowest BCUT2D eigenvalue weighted by Gasteiger charge is -2.34. The van der Waals surface area contributed by atoms with Crippen LogP contribution in [-0.4, -0.2) is 17.0 Å². The predicted octanol–water partition coefficient (Wildman–Crippen LogP) is 2.63. The summed E-state index contributed by atoms with van der Waals surface area (Å²) in [4.78, 5) is 12.1. The van der Waals surface area contributed by atoms with Crippen LogP contribution >= 0.6 is 0 Å². The van der Waals surface area contributed by atoms with Crippen molar-refractivity contribution in [1.29, 1.82) is 0 Å². The number of aliphatic hydroxyl groups is 1. The van der Waals surface area contributed by atoms with Crippen LogP contribution in [0.4, 0.5) is 0 Å². The predicted molar refractivity (Wildman–Crippen MR) is 64.0 cm³/mol. The Morgan fingerprint density at radius 3 is 2.88 bits per heavy atom. The molecule has 0 aromatic heterocycles. The van der Waals surface area contributed by atoms with Crippen LogP contribution in [0.25, 0.3) is 0 Å². The van der Waals surface area contributed by atoms with Crippen molar-refractivity contribution in [2.45, 2.75) is 46.1 Å². The van der Waals surface area contributed by atoms with Gasteiger partial charge < -0.3 is 5.11 Å². The Bertz CT molecular complexity index is 378. The van der Waals surface area contributed by atoms with Crippen molar-refractivity contribution in [3.8, 4) is 0 Å². The zero-order valence-electron chi connectivity index (χ0n) is 10.3. The van der Waals surface area contributed by atoms with Crippen molar-refractivity contribution in [1.82, 2.24) is 0 Å². The van der Waals surface area contributed by atoms with Gasteiger partial charge in [-0.05, 0) is 45.1 Å². The number of carbonyl (C=O) groups excluding carboxylic acids is 1. The monoisotopic (exact) mass is 220 g/mol. The molecule has 0 saturated carbocycles. The summed E-state index contributed by atoms with van der Waals surface area (Å²) in [6, 6.07) is 0. The topological polar surface area (TPSA) is 37.3 Å². The van der Waals surface area contributed by atoms with Gasteiger partial charge >= 0.3 is 0 Å². The van der Waals surface area contributed by atoms with E-state index < -0.39 is 11.5 Å². The van der Waals surface area contributed by atoms with Crippen molar-refractivity contribution in [2.24, 2.45) is 11.3 Å². The number of allylic oxidation sites excluding steroid dienone is 3. The Kier molecular flexibility index (Phi) is 2.79. The maximum Gasteiger partial charge on any atom is 0.164 e. The second-order valence-electron chi connectivity index (χ2n) is 5.28. The van der Waals surface area contributed by atoms with E-state index in [1.165, 1.54) is 11.1 Å². The van der Waals surface area contributed by atoms with Crippen LogP contribution in [0, 0.1) is 11.3 Å². The molecule has 2 aliphatic carbocycles. The van der Waals surface area contributed by atoms with Gasteiger partial charge in [-0.1, -0.05) is 24.1 Å². The third kappa shape index (κ3) is 1.47. The molecule has 2 rings (SSSR count). The molecule has 0 aliphatic heterocycles. The second-order valence-corrected chi connectivity index (χ2v) is 5.28. The molecule has 88 valence electrons. The Hall–Kier alpha value is -0.890. The number of ketones is 1. The Morgan fingerprint density at radius 2 is 2.25 bits per heavy atom. The molecule has 16 heavy (non-hydrogen) atoms. The first-order valence-electron chi connectivity index (χ1n) is 6.08. The summed E-state index contributed by atoms with van der Waals surface area (Å²) in [6.07, 6.45) is 5.84. The molecule has 1 N–H and O–H groups in total. The van der Waals surface area contributed by atoms with E-state index in [9.17, 15) is 9.90 Å². The van der Waals surface area contributed by atoms with E-state index in [1.54, 1.807) is 6.08 Å². The molecular weight excluding hydrogens is 200 g/mol. The standard InChI is InChI=1S/C14H20O2/c1-4-10-8-13(16)14(3)11(10)6-5-9(2)7-12(14)15/h5,8,11-12,15H,4,6-7H2,1-3H3. The van der Waals surface area contributed by atoms with Crippen LogP contribution in [0.3, 0.4) is 0 Å². The van der Waals surface area contributed by atoms with Crippen LogP contribution in [0.15, 0.2) is 23.3 Å². The summed E-state index contributed by atoms with van der Waals surface area (Å²) in [5.74, 6) is 0.322. The van der Waals surface area contributed by atoms with Gasteiger partial charge in [0.15, 0.2) is 5.78 Å². The molecule has 3 unspecified atom stereocenters. The Morgan fingerprint density at radius 1 is 1.56 bits per heavy atom. The molecule has 0 amide bonds. The molecule has 0 aromatic carbocycles. The van der Waals surface area contributed by atoms with Crippen LogP contribution in [-0.2, 0) is 4.79 Å². The first kappa shape index (κ1) is 11.6. The van der Waals surface area contributed by atoms with Gasteiger partial charge in [-0.25, -0.2) is 0 Å². The fraction of sp³-hybridized carbons (Fsp3) is 0.643. The molecule has 0 radical (unpaired) electrons. The number of hydrogen-bond donors (Lipinski definition) is 1. The highest BCUT2D eigenvalue weighted by Gasteiger charge is 2.51. The number of rotatable bonds is 1. The molecule has 2 nitrogen and oxygen atoms in total. The third-order valence-corrected chi connectivity index (χ3v) is 4.34. The molecular formula is C14H20O2. The average molecular weight is 220 g/mol. The fourth-order valence-electron chi connectivity index (χ4n) is 3.04. The maximum atomic E-state index is 12.1. The lowest BCUT2D eigenvalue weighted by molar-refractivity contribution is -0.130. The molecule has 3 atom stereocenters. The Balaban J connectivity index is 2.42. The van der Waals surface area contributed by atoms with E-state index >= 15 is 0 Å². The Labute approximate surface area is 97.0 Å². The molecule has 0 aromatic rings. The second kappa shape index (κ2) is 3.85. The van der Waals surface area contributed by atoms with Crippen molar-refractivity contribution in [3.63, 3.8) is 0 Å². The van der Waals surface area contributed by atoms with E-state index in [-0.39, 0.29) is 11.7 Å². The quantitative estimate of drug-likeness (QED) is 0.690. The summed E-state index contributed by atoms with van der Waals surface area (Å²) in [5.41, 5.74) is 1.82. The zero-order valence-corrected chi connectivity index (χ0v) is 10.3. The SMILES string of the molecule is CCC1=CC(=O)C2(C)C(O)CC(C)=CCC12. The van der Waals surface area contributed by atoms with E-state index in [0.29, 0.717) is 6.42 Å². The van der Waals surface area contributed by atoms with Gasteiger partial charge in [0.05, 0.1) is 11.5 Å². The maximum absolute atomic E-state index is 12.1. The van der Waals surface area contributed by atoms with Crippen molar-refractivity contribution >= 4 is 5.78 Å². The minimum absolute atomic E-state index is 0.116. The van der Waals surface area contributed by atoms with Crippen LogP contribution in [0.2, 0.25) is 0 Å². The highest BCUT2D eigenvalue weighted by Crippen LogP contribution is 2.49. The van der Waals surface area contributed by atoms with Crippen molar-refractivity contribution < 1.29 is 9.90 Å². The van der Waals surface area contributed by atoms with Crippen LogP contribution < -0.4 is 0 Å². The van der Waals surface area contributed by atoms with Gasteiger partial charge in [0.1, 0.15) is 0 Å². The largest absolute Gasteiger partial charge is 0.392 e. The lowest BCUT2D eigenvalue weighted by Crippen LogP contribution is -2.41. The fourth-order valence-corrected chi connectivity index (χ4v) is 3.04. The normalized spacial score (nSPS) is 38.9. The van der Waals surface area contributed by atoms with E-state index in [1.807, 2.05) is 13.8 Å². The van der Waals surface area contributed by atoms with Gasteiger partial charge in [-0.15, -0.1) is 0 Å². The van der Waals surface area contributed by atoms with E-state index in [2.05, 4.69) is 13.0 Å². The molecule has 0 fully saturated rings. The van der Waals surface area contributed by atoms with Gasteiger partial charge in [-0.3, -0.25) is 4.79 Å². The van der Waals surface area contributed by atoms with E-state index in [4.69, 9.17) is 0 Å². The molecule has 0 saturated heterocycles. The number of fused-ring (bicyclic) bond motifs is 1. The number of hydrogen-bond acceptors (Lipinski definition) is 2. The minimum Gasteiger partial charge on any atom is -0.392 e. The average Bonchev–Trinajstić information content (AvgIpc) is 2.42. The van der Waals surface area contributed by atoms with Crippen LogP contribution in [0.5, 0.6) is 0 Å². The first-order valence-corrected chi connectivity index (χ1v) is 6.08. The van der Waals surface area contributed by atoms with Gasteiger partial charge in [-0.2, -0.15) is 0 Å². The molecule has 0 heterocycles. The summed E-state index contributed by atoms with van der Waals surface area (Å²) in [7, 11) is 0. The first-order chi connectivity index (χ1) is 7.50. The van der Waals surface area contributed by atoms with Gasteiger partial charge in [0, 0.05) is 0 Å². The van der Waals surface area contributed by atoms with Gasteiger partial charge in [0.2, 0.25) is 0 Å². The molecule has 0 bridgehead atoms. The van der Waals surface area contributed by atoms with Crippen molar-refractivity contribution in [3.05, 3.63) is 23.3 Å². The number of carbonyl (C=O) groups is 1. The number of aliphatic hydroxyl groups excluding tert-OH is 1. The minimum atomic E-state index is -0.584. The highest BCUT2D eigenvalue weighted by molar-refractivity contribution is 5.99. The smallest absolute Gasteiger partial charge is 0.164 e. The summed E-state index contributed by atoms with van der Waals surface area (Å²) in [6.45, 7) is 6.04. The zero-order chi connectivity index (χ0) is 11.9. The lowest BCUT2D eigenvalue weighted by atomic mass is 9.70.